The highest BCUT2D eigenvalue weighted by atomic mass is 35.5. The number of likely N-dealkylation sites (tertiary alicyclic amines) is 1. The van der Waals surface area contributed by atoms with Crippen molar-refractivity contribution in [3.05, 3.63) is 47.5 Å². The normalized spacial score (nSPS) is 17.8. The molecule has 3 aromatic rings. The van der Waals surface area contributed by atoms with Crippen molar-refractivity contribution in [2.45, 2.75) is 63.8 Å². The van der Waals surface area contributed by atoms with Crippen molar-refractivity contribution in [1.82, 2.24) is 9.47 Å². The Morgan fingerprint density at radius 1 is 0.974 bits per heavy atom. The highest BCUT2D eigenvalue weighted by Crippen LogP contribution is 2.48. The van der Waals surface area contributed by atoms with E-state index in [4.69, 9.17) is 4.74 Å². The summed E-state index contributed by atoms with van der Waals surface area (Å²) in [6, 6.07) is 12.1. The van der Waals surface area contributed by atoms with Crippen LogP contribution in [0.2, 0.25) is 0 Å². The number of carboxylic acid groups (broad SMARTS) is 1. The molecule has 2 N–H and O–H groups in total. The van der Waals surface area contributed by atoms with E-state index in [1.807, 2.05) is 12.1 Å². The van der Waals surface area contributed by atoms with Crippen molar-refractivity contribution < 1.29 is 14.6 Å². The van der Waals surface area contributed by atoms with Gasteiger partial charge in [-0.3, -0.25) is 0 Å². The number of piperidine rings is 1. The van der Waals surface area contributed by atoms with Crippen LogP contribution in [-0.2, 0) is 6.54 Å². The van der Waals surface area contributed by atoms with Crippen LogP contribution < -0.4 is 10.1 Å². The molecular weight excluding hydrogens is 521 g/mol. The summed E-state index contributed by atoms with van der Waals surface area (Å²) in [6.45, 7) is 5.64. The maximum absolute atomic E-state index is 11.8. The molecule has 1 saturated heterocycles. The van der Waals surface area contributed by atoms with E-state index in [0.29, 0.717) is 24.6 Å². The molecule has 0 bridgehead atoms. The maximum Gasteiger partial charge on any atom is 0.335 e. The molecule has 0 atom stereocenters. The Hall–Kier alpha value is -2.41. The summed E-state index contributed by atoms with van der Waals surface area (Å²) in [5, 5.41) is 14.6. The lowest BCUT2D eigenvalue weighted by Crippen LogP contribution is -2.33. The second-order valence-electron chi connectivity index (χ2n) is 10.6. The number of ether oxygens (including phenoxy) is 1. The lowest BCUT2D eigenvalue weighted by atomic mass is 9.81. The molecule has 8 heteroatoms. The third kappa shape index (κ3) is 5.49. The number of carboxylic acids is 1. The zero-order chi connectivity index (χ0) is 24.5. The molecule has 1 aromatic heterocycles. The standard InChI is InChI=1S/C30H37N3O3.2ClH/c34-30(35)22-12-13-23-26(20-22)33-18-19-36-29-24(28(33)27(23)21-8-3-1-4-9-21)10-7-11-25(29)31-14-17-32-15-5-2-6-16-32;;/h7,10-13,20-21,31H,1-6,8-9,14-19H2,(H,34,35);2*1H. The summed E-state index contributed by atoms with van der Waals surface area (Å²) >= 11 is 0. The first-order valence-corrected chi connectivity index (χ1v) is 13.8. The van der Waals surface area contributed by atoms with Gasteiger partial charge in [-0.05, 0) is 74.5 Å². The van der Waals surface area contributed by atoms with E-state index < -0.39 is 5.97 Å². The molecule has 206 valence electrons. The van der Waals surface area contributed by atoms with Crippen molar-refractivity contribution in [2.75, 3.05) is 38.1 Å². The molecule has 0 radical (unpaired) electrons. The van der Waals surface area contributed by atoms with Gasteiger partial charge in [0.1, 0.15) is 6.61 Å². The highest BCUT2D eigenvalue weighted by molar-refractivity contribution is 5.99. The Bertz CT molecular complexity index is 1260. The third-order valence-electron chi connectivity index (χ3n) is 8.39. The van der Waals surface area contributed by atoms with Crippen LogP contribution in [0, 0.1) is 0 Å². The van der Waals surface area contributed by atoms with Crippen molar-refractivity contribution >= 4 is 47.4 Å². The Morgan fingerprint density at radius 2 is 1.74 bits per heavy atom. The van der Waals surface area contributed by atoms with Crippen molar-refractivity contribution in [3.8, 4) is 17.0 Å². The number of rotatable bonds is 6. The number of para-hydroxylation sites is 1. The van der Waals surface area contributed by atoms with Crippen LogP contribution in [-0.4, -0.2) is 53.3 Å². The van der Waals surface area contributed by atoms with Crippen molar-refractivity contribution in [3.63, 3.8) is 0 Å². The number of fused-ring (bicyclic) bond motifs is 5. The fourth-order valence-electron chi connectivity index (χ4n) is 6.63. The number of aromatic carboxylic acids is 1. The maximum atomic E-state index is 11.8. The van der Waals surface area contributed by atoms with E-state index in [-0.39, 0.29) is 24.8 Å². The van der Waals surface area contributed by atoms with Crippen LogP contribution in [0.5, 0.6) is 5.75 Å². The summed E-state index contributed by atoms with van der Waals surface area (Å²) in [5.74, 6) is 0.556. The topological polar surface area (TPSA) is 66.7 Å². The van der Waals surface area contributed by atoms with Crippen LogP contribution >= 0.6 is 24.8 Å². The Labute approximate surface area is 237 Å². The summed E-state index contributed by atoms with van der Waals surface area (Å²) < 4.78 is 8.75. The van der Waals surface area contributed by atoms with Gasteiger partial charge < -0.3 is 24.6 Å². The second kappa shape index (κ2) is 12.6. The minimum absolute atomic E-state index is 0. The third-order valence-corrected chi connectivity index (χ3v) is 8.39. The molecule has 6 nitrogen and oxygen atoms in total. The summed E-state index contributed by atoms with van der Waals surface area (Å²) in [4.78, 5) is 14.4. The molecule has 3 heterocycles. The van der Waals surface area contributed by atoms with Gasteiger partial charge >= 0.3 is 5.97 Å². The van der Waals surface area contributed by atoms with Gasteiger partial charge in [0, 0.05) is 29.6 Å². The Balaban J connectivity index is 0.00000168. The van der Waals surface area contributed by atoms with E-state index in [9.17, 15) is 9.90 Å². The molecule has 3 aliphatic rings. The van der Waals surface area contributed by atoms with Gasteiger partial charge in [-0.25, -0.2) is 4.79 Å². The van der Waals surface area contributed by atoms with E-state index >= 15 is 0 Å². The molecule has 1 aliphatic carbocycles. The van der Waals surface area contributed by atoms with Crippen LogP contribution in [0.4, 0.5) is 5.69 Å². The summed E-state index contributed by atoms with van der Waals surface area (Å²) in [5.41, 5.74) is 6.17. The molecular formula is C30H39Cl2N3O3. The van der Waals surface area contributed by atoms with Gasteiger partial charge in [0.2, 0.25) is 0 Å². The van der Waals surface area contributed by atoms with Crippen LogP contribution in [0.25, 0.3) is 22.2 Å². The molecule has 0 unspecified atom stereocenters. The monoisotopic (exact) mass is 559 g/mol. The minimum atomic E-state index is -0.878. The molecule has 1 saturated carbocycles. The predicted molar refractivity (Wildman–Crippen MR) is 159 cm³/mol. The Kier molecular flexibility index (Phi) is 9.50. The number of anilines is 1. The van der Waals surface area contributed by atoms with Gasteiger partial charge in [0.15, 0.2) is 5.75 Å². The number of nitrogens with zero attached hydrogens (tertiary/aromatic N) is 2. The quantitative estimate of drug-likeness (QED) is 0.334. The first-order valence-electron chi connectivity index (χ1n) is 13.8. The largest absolute Gasteiger partial charge is 0.489 e. The first-order chi connectivity index (χ1) is 17.7. The van der Waals surface area contributed by atoms with Crippen LogP contribution in [0.15, 0.2) is 36.4 Å². The lowest BCUT2D eigenvalue weighted by Gasteiger charge is -2.27. The van der Waals surface area contributed by atoms with Crippen molar-refractivity contribution in [1.29, 1.82) is 0 Å². The number of halogens is 2. The van der Waals surface area contributed by atoms with E-state index in [0.717, 1.165) is 35.6 Å². The van der Waals surface area contributed by atoms with Gasteiger partial charge in [0.25, 0.3) is 0 Å². The number of aromatic nitrogens is 1. The number of carbonyl (C=O) groups is 1. The van der Waals surface area contributed by atoms with E-state index in [1.165, 1.54) is 81.1 Å². The average Bonchev–Trinajstić information content (AvgIpc) is 3.10. The predicted octanol–water partition coefficient (Wildman–Crippen LogP) is 7.19. The minimum Gasteiger partial charge on any atom is -0.489 e. The van der Waals surface area contributed by atoms with Gasteiger partial charge in [0.05, 0.1) is 23.5 Å². The second-order valence-corrected chi connectivity index (χ2v) is 10.6. The number of nitrogens with one attached hydrogen (secondary N) is 1. The first kappa shape index (κ1) is 28.6. The molecule has 2 aromatic carbocycles. The van der Waals surface area contributed by atoms with Gasteiger partial charge in [-0.1, -0.05) is 37.8 Å². The SMILES string of the molecule is Cl.Cl.O=C(O)c1ccc2c(C3CCCCC3)c3n(c2c1)CCOc1c(NCCN2CCCCC2)cccc1-3. The number of hydrogen-bond acceptors (Lipinski definition) is 4. The van der Waals surface area contributed by atoms with Gasteiger partial charge in [-0.2, -0.15) is 0 Å². The molecule has 2 fully saturated rings. The van der Waals surface area contributed by atoms with Crippen LogP contribution in [0.1, 0.15) is 73.2 Å². The van der Waals surface area contributed by atoms with E-state index in [2.05, 4.69) is 33.0 Å². The molecule has 6 rings (SSSR count). The van der Waals surface area contributed by atoms with Gasteiger partial charge in [-0.15, -0.1) is 24.8 Å². The smallest absolute Gasteiger partial charge is 0.335 e. The molecule has 0 amide bonds. The Morgan fingerprint density at radius 3 is 2.50 bits per heavy atom. The summed E-state index contributed by atoms with van der Waals surface area (Å²) in [7, 11) is 0. The average molecular weight is 561 g/mol. The molecule has 0 spiro atoms. The molecule has 38 heavy (non-hydrogen) atoms. The fourth-order valence-corrected chi connectivity index (χ4v) is 6.63. The molecule has 2 aliphatic heterocycles. The van der Waals surface area contributed by atoms with E-state index in [1.54, 1.807) is 6.07 Å². The zero-order valence-corrected chi connectivity index (χ0v) is 23.5. The fraction of sp³-hybridized carbons (Fsp3) is 0.500. The lowest BCUT2D eigenvalue weighted by molar-refractivity contribution is 0.0697. The number of hydrogen-bond donors (Lipinski definition) is 2. The zero-order valence-electron chi connectivity index (χ0n) is 21.9. The highest BCUT2D eigenvalue weighted by Gasteiger charge is 2.30. The van der Waals surface area contributed by atoms with Crippen molar-refractivity contribution in [2.24, 2.45) is 0 Å². The summed E-state index contributed by atoms with van der Waals surface area (Å²) in [6.07, 6.45) is 10.2. The van der Waals surface area contributed by atoms with Crippen LogP contribution in [0.3, 0.4) is 0 Å². The number of benzene rings is 2.